The number of carbonyl (C=O) groups excluding carboxylic acids is 1. The van der Waals surface area contributed by atoms with Gasteiger partial charge in [0, 0.05) is 5.02 Å². The summed E-state index contributed by atoms with van der Waals surface area (Å²) in [5.41, 5.74) is 0.613. The fourth-order valence-corrected chi connectivity index (χ4v) is 1.59. The monoisotopic (exact) mass is 232 g/mol. The number of halogens is 2. The molecular formula is C10H10Cl2O2. The lowest BCUT2D eigenvalue weighted by Gasteiger charge is -2.09. The highest BCUT2D eigenvalue weighted by Crippen LogP contribution is 2.31. The largest absolute Gasteiger partial charge is 0.497 e. The van der Waals surface area contributed by atoms with E-state index in [2.05, 4.69) is 0 Å². The van der Waals surface area contributed by atoms with Crippen LogP contribution < -0.4 is 4.74 Å². The molecule has 0 heterocycles. The summed E-state index contributed by atoms with van der Waals surface area (Å²) in [5.74, 6) is 0.518. The van der Waals surface area contributed by atoms with Crippen LogP contribution in [0, 0.1) is 0 Å². The first-order valence-electron chi connectivity index (χ1n) is 4.04. The van der Waals surface area contributed by atoms with Crippen LogP contribution in [0.2, 0.25) is 5.02 Å². The summed E-state index contributed by atoms with van der Waals surface area (Å²) in [4.78, 5) is 11.0. The molecule has 0 saturated carbocycles. The molecule has 0 radical (unpaired) electrons. The zero-order valence-electron chi connectivity index (χ0n) is 7.88. The third kappa shape index (κ3) is 2.40. The third-order valence-electron chi connectivity index (χ3n) is 1.84. The third-order valence-corrected chi connectivity index (χ3v) is 2.71. The molecule has 14 heavy (non-hydrogen) atoms. The van der Waals surface area contributed by atoms with Gasteiger partial charge in [0.2, 0.25) is 0 Å². The Balaban J connectivity index is 3.05. The van der Waals surface area contributed by atoms with Gasteiger partial charge in [-0.25, -0.2) is 0 Å². The lowest BCUT2D eigenvalue weighted by molar-refractivity contribution is -0.116. The van der Waals surface area contributed by atoms with E-state index in [1.807, 2.05) is 0 Å². The number of hydrogen-bond donors (Lipinski definition) is 0. The molecule has 0 aromatic heterocycles. The molecule has 0 saturated heterocycles. The molecule has 0 fully saturated rings. The van der Waals surface area contributed by atoms with E-state index in [-0.39, 0.29) is 5.78 Å². The van der Waals surface area contributed by atoms with Gasteiger partial charge in [-0.3, -0.25) is 4.79 Å². The van der Waals surface area contributed by atoms with Crippen molar-refractivity contribution in [3.05, 3.63) is 28.8 Å². The average Bonchev–Trinajstić information content (AvgIpc) is 2.16. The van der Waals surface area contributed by atoms with Gasteiger partial charge >= 0.3 is 0 Å². The van der Waals surface area contributed by atoms with Crippen LogP contribution in [0.25, 0.3) is 0 Å². The fourth-order valence-electron chi connectivity index (χ4n) is 1.06. The van der Waals surface area contributed by atoms with Gasteiger partial charge in [-0.2, -0.15) is 0 Å². The standard InChI is InChI=1S/C10H10Cl2O2/c1-6(13)10(12)8-4-3-7(14-2)5-9(8)11/h3-5,10H,1-2H3. The highest BCUT2D eigenvalue weighted by molar-refractivity contribution is 6.35. The maximum absolute atomic E-state index is 11.0. The molecule has 1 unspecified atom stereocenters. The minimum Gasteiger partial charge on any atom is -0.497 e. The first kappa shape index (κ1) is 11.3. The topological polar surface area (TPSA) is 26.3 Å². The molecule has 1 aromatic carbocycles. The molecule has 0 N–H and O–H groups in total. The molecule has 0 aliphatic heterocycles. The molecule has 1 aromatic rings. The van der Waals surface area contributed by atoms with Crippen LogP contribution in [0.5, 0.6) is 5.75 Å². The van der Waals surface area contributed by atoms with Crippen molar-refractivity contribution in [3.8, 4) is 5.75 Å². The SMILES string of the molecule is COc1ccc(C(Cl)C(C)=O)c(Cl)c1. The van der Waals surface area contributed by atoms with Gasteiger partial charge in [0.25, 0.3) is 0 Å². The molecule has 0 bridgehead atoms. The van der Waals surface area contributed by atoms with Crippen molar-refractivity contribution >= 4 is 29.0 Å². The van der Waals surface area contributed by atoms with Crippen LogP contribution in [-0.4, -0.2) is 12.9 Å². The van der Waals surface area contributed by atoms with E-state index in [1.165, 1.54) is 6.92 Å². The molecule has 0 amide bonds. The van der Waals surface area contributed by atoms with E-state index in [4.69, 9.17) is 27.9 Å². The number of hydrogen-bond acceptors (Lipinski definition) is 2. The quantitative estimate of drug-likeness (QED) is 0.749. The minimum atomic E-state index is -0.687. The number of rotatable bonds is 3. The van der Waals surface area contributed by atoms with Crippen molar-refractivity contribution in [2.75, 3.05) is 7.11 Å². The Morgan fingerprint density at radius 3 is 2.57 bits per heavy atom. The first-order chi connectivity index (χ1) is 6.56. The highest BCUT2D eigenvalue weighted by Gasteiger charge is 2.16. The van der Waals surface area contributed by atoms with Crippen molar-refractivity contribution in [1.82, 2.24) is 0 Å². The maximum Gasteiger partial charge on any atom is 0.152 e. The minimum absolute atomic E-state index is 0.126. The summed E-state index contributed by atoms with van der Waals surface area (Å²) >= 11 is 11.8. The van der Waals surface area contributed by atoms with E-state index in [0.717, 1.165) is 0 Å². The van der Waals surface area contributed by atoms with Gasteiger partial charge in [-0.15, -0.1) is 11.6 Å². The van der Waals surface area contributed by atoms with E-state index in [0.29, 0.717) is 16.3 Å². The highest BCUT2D eigenvalue weighted by atomic mass is 35.5. The Hall–Kier alpha value is -0.730. The van der Waals surface area contributed by atoms with E-state index >= 15 is 0 Å². The van der Waals surface area contributed by atoms with Crippen LogP contribution >= 0.6 is 23.2 Å². The van der Waals surface area contributed by atoms with E-state index in [1.54, 1.807) is 25.3 Å². The Labute approximate surface area is 92.8 Å². The second-order valence-electron chi connectivity index (χ2n) is 2.86. The molecule has 0 aliphatic carbocycles. The summed E-state index contributed by atoms with van der Waals surface area (Å²) in [6.07, 6.45) is 0. The number of Topliss-reactive ketones (excluding diaryl/α,β-unsaturated/α-hetero) is 1. The number of ether oxygens (including phenoxy) is 1. The zero-order valence-corrected chi connectivity index (χ0v) is 9.39. The zero-order chi connectivity index (χ0) is 10.7. The Kier molecular flexibility index (Phi) is 3.78. The average molecular weight is 233 g/mol. The summed E-state index contributed by atoms with van der Waals surface area (Å²) in [6.45, 7) is 1.43. The van der Waals surface area contributed by atoms with Crippen LogP contribution in [0.3, 0.4) is 0 Å². The molecule has 0 aliphatic rings. The van der Waals surface area contributed by atoms with Crippen molar-refractivity contribution < 1.29 is 9.53 Å². The van der Waals surface area contributed by atoms with Crippen molar-refractivity contribution in [3.63, 3.8) is 0 Å². The van der Waals surface area contributed by atoms with Gasteiger partial charge < -0.3 is 4.74 Å². The number of ketones is 1. The van der Waals surface area contributed by atoms with Crippen LogP contribution in [0.1, 0.15) is 17.9 Å². The summed E-state index contributed by atoms with van der Waals surface area (Å²) < 4.78 is 4.98. The first-order valence-corrected chi connectivity index (χ1v) is 4.85. The van der Waals surface area contributed by atoms with E-state index in [9.17, 15) is 4.79 Å². The van der Waals surface area contributed by atoms with Gasteiger partial charge in [-0.05, 0) is 24.6 Å². The predicted molar refractivity (Wildman–Crippen MR) is 57.3 cm³/mol. The molecular weight excluding hydrogens is 223 g/mol. The van der Waals surface area contributed by atoms with Gasteiger partial charge in [0.1, 0.15) is 11.1 Å². The summed E-state index contributed by atoms with van der Waals surface area (Å²) in [7, 11) is 1.55. The molecule has 0 spiro atoms. The molecule has 1 rings (SSSR count). The van der Waals surface area contributed by atoms with Crippen molar-refractivity contribution in [1.29, 1.82) is 0 Å². The number of alkyl halides is 1. The normalized spacial score (nSPS) is 12.3. The molecule has 76 valence electrons. The van der Waals surface area contributed by atoms with Crippen molar-refractivity contribution in [2.45, 2.75) is 12.3 Å². The lowest BCUT2D eigenvalue weighted by Crippen LogP contribution is -2.02. The number of carbonyl (C=O) groups is 1. The van der Waals surface area contributed by atoms with Crippen LogP contribution in [-0.2, 0) is 4.79 Å². The predicted octanol–water partition coefficient (Wildman–Crippen LogP) is 3.22. The Morgan fingerprint density at radius 1 is 1.50 bits per heavy atom. The fraction of sp³-hybridized carbons (Fsp3) is 0.300. The van der Waals surface area contributed by atoms with Gasteiger partial charge in [-0.1, -0.05) is 17.7 Å². The number of methoxy groups -OCH3 is 1. The Morgan fingerprint density at radius 2 is 2.14 bits per heavy atom. The molecule has 2 nitrogen and oxygen atoms in total. The van der Waals surface area contributed by atoms with Crippen molar-refractivity contribution in [2.24, 2.45) is 0 Å². The summed E-state index contributed by atoms with van der Waals surface area (Å²) in [5, 5.41) is -0.243. The van der Waals surface area contributed by atoms with Crippen LogP contribution in [0.4, 0.5) is 0 Å². The molecule has 1 atom stereocenters. The van der Waals surface area contributed by atoms with Gasteiger partial charge in [0.05, 0.1) is 7.11 Å². The maximum atomic E-state index is 11.0. The lowest BCUT2D eigenvalue weighted by atomic mass is 10.1. The van der Waals surface area contributed by atoms with E-state index < -0.39 is 5.38 Å². The van der Waals surface area contributed by atoms with Gasteiger partial charge in [0.15, 0.2) is 5.78 Å². The second-order valence-corrected chi connectivity index (χ2v) is 3.70. The smallest absolute Gasteiger partial charge is 0.152 e. The summed E-state index contributed by atoms with van der Waals surface area (Å²) in [6, 6.07) is 5.05. The van der Waals surface area contributed by atoms with Crippen LogP contribution in [0.15, 0.2) is 18.2 Å². The molecule has 4 heteroatoms. The Bertz CT molecular complexity index is 350. The second kappa shape index (κ2) is 4.67. The number of benzene rings is 1.